The van der Waals surface area contributed by atoms with Gasteiger partial charge in [-0.3, -0.25) is 4.98 Å². The van der Waals surface area contributed by atoms with Crippen LogP contribution in [-0.4, -0.2) is 29.8 Å². The zero-order valence-corrected chi connectivity index (χ0v) is 12.9. The minimum Gasteiger partial charge on any atom is -0.400 e. The van der Waals surface area contributed by atoms with E-state index in [1.165, 1.54) is 0 Å². The second-order valence-electron chi connectivity index (χ2n) is 6.24. The van der Waals surface area contributed by atoms with E-state index in [2.05, 4.69) is 4.98 Å². The summed E-state index contributed by atoms with van der Waals surface area (Å²) >= 11 is 0. The van der Waals surface area contributed by atoms with Crippen LogP contribution in [0.5, 0.6) is 0 Å². The zero-order valence-electron chi connectivity index (χ0n) is 12.9. The Morgan fingerprint density at radius 2 is 1.85 bits per heavy atom. The Morgan fingerprint density at radius 3 is 2.30 bits per heavy atom. The highest BCUT2D eigenvalue weighted by Crippen LogP contribution is 2.38. The predicted octanol–water partition coefficient (Wildman–Crippen LogP) is 2.36. The van der Waals surface area contributed by atoms with Crippen LogP contribution >= 0.6 is 0 Å². The van der Waals surface area contributed by atoms with Crippen molar-refractivity contribution in [2.24, 2.45) is 5.73 Å². The highest BCUT2D eigenvalue weighted by atomic mass is 16.7. The van der Waals surface area contributed by atoms with Crippen LogP contribution in [0, 0.1) is 6.92 Å². The fraction of sp³-hybridized carbons (Fsp3) is 0.533. The van der Waals surface area contributed by atoms with Crippen LogP contribution in [-0.2, 0) is 9.31 Å². The van der Waals surface area contributed by atoms with E-state index in [9.17, 15) is 0 Å². The van der Waals surface area contributed by atoms with Gasteiger partial charge >= 0.3 is 7.12 Å². The monoisotopic (exact) mass is 274 g/mol. The number of nitrogens with two attached hydrogens (primary N) is 1. The quantitative estimate of drug-likeness (QED) is 0.860. The molecule has 2 N–H and O–H groups in total. The molecule has 2 rings (SSSR count). The predicted molar refractivity (Wildman–Crippen MR) is 82.1 cm³/mol. The Morgan fingerprint density at radius 1 is 1.25 bits per heavy atom. The summed E-state index contributed by atoms with van der Waals surface area (Å²) in [6.07, 6.45) is 3.82. The summed E-state index contributed by atoms with van der Waals surface area (Å²) in [4.78, 5) is 4.28. The van der Waals surface area contributed by atoms with Crippen molar-refractivity contribution in [1.82, 2.24) is 4.98 Å². The van der Waals surface area contributed by atoms with Crippen LogP contribution < -0.4 is 5.73 Å². The smallest absolute Gasteiger partial charge is 0.400 e. The summed E-state index contributed by atoms with van der Waals surface area (Å²) in [6.45, 7) is 10.5. The Kier molecular flexibility index (Phi) is 4.05. The largest absolute Gasteiger partial charge is 0.491 e. The standard InChI is InChI=1S/C15H23BN2O2/c1-11-6-7-12(10-18-11)8-13(9-17)16-19-14(2,3)15(4,5)20-16/h6-8,10H,9,17H2,1-5H3. The molecule has 20 heavy (non-hydrogen) atoms. The van der Waals surface area contributed by atoms with Gasteiger partial charge in [0.25, 0.3) is 0 Å². The van der Waals surface area contributed by atoms with Crippen LogP contribution in [0.15, 0.2) is 23.8 Å². The van der Waals surface area contributed by atoms with Crippen molar-refractivity contribution in [2.75, 3.05) is 6.54 Å². The molecule has 1 aromatic heterocycles. The van der Waals surface area contributed by atoms with Gasteiger partial charge in [0.05, 0.1) is 11.2 Å². The topological polar surface area (TPSA) is 57.4 Å². The van der Waals surface area contributed by atoms with Crippen LogP contribution in [0.4, 0.5) is 0 Å². The van der Waals surface area contributed by atoms with E-state index in [1.54, 1.807) is 0 Å². The van der Waals surface area contributed by atoms with Crippen molar-refractivity contribution in [1.29, 1.82) is 0 Å². The molecule has 108 valence electrons. The van der Waals surface area contributed by atoms with Gasteiger partial charge < -0.3 is 15.0 Å². The van der Waals surface area contributed by atoms with Gasteiger partial charge in [-0.2, -0.15) is 0 Å². The Bertz CT molecular complexity index is 493. The molecule has 0 aliphatic carbocycles. The fourth-order valence-electron chi connectivity index (χ4n) is 2.00. The SMILES string of the molecule is Cc1ccc(C=C(CN)B2OC(C)(C)C(C)(C)O2)cn1. The molecular formula is C15H23BN2O2. The van der Waals surface area contributed by atoms with E-state index >= 15 is 0 Å². The van der Waals surface area contributed by atoms with Crippen molar-refractivity contribution in [2.45, 2.75) is 45.8 Å². The maximum absolute atomic E-state index is 6.02. The third-order valence-electron chi connectivity index (χ3n) is 4.08. The van der Waals surface area contributed by atoms with Gasteiger partial charge in [-0.25, -0.2) is 0 Å². The van der Waals surface area contributed by atoms with Crippen molar-refractivity contribution in [3.05, 3.63) is 35.1 Å². The highest BCUT2D eigenvalue weighted by molar-refractivity contribution is 6.55. The molecule has 1 fully saturated rings. The number of pyridine rings is 1. The zero-order chi connectivity index (χ0) is 15.0. The van der Waals surface area contributed by atoms with Gasteiger partial charge in [-0.1, -0.05) is 12.1 Å². The third-order valence-corrected chi connectivity index (χ3v) is 4.08. The van der Waals surface area contributed by atoms with Gasteiger partial charge in [-0.15, -0.1) is 0 Å². The molecule has 1 aromatic rings. The summed E-state index contributed by atoms with van der Waals surface area (Å²) in [5, 5.41) is 0. The van der Waals surface area contributed by atoms with E-state index in [0.29, 0.717) is 6.54 Å². The fourth-order valence-corrected chi connectivity index (χ4v) is 2.00. The molecule has 1 aliphatic rings. The average Bonchev–Trinajstić information content (AvgIpc) is 2.57. The summed E-state index contributed by atoms with van der Waals surface area (Å²) in [5.74, 6) is 0. The Hall–Kier alpha value is -1.17. The molecule has 0 spiro atoms. The van der Waals surface area contributed by atoms with Gasteiger partial charge in [0.2, 0.25) is 0 Å². The Labute approximate surface area is 121 Å². The molecular weight excluding hydrogens is 251 g/mol. The lowest BCUT2D eigenvalue weighted by Gasteiger charge is -2.32. The van der Waals surface area contributed by atoms with Crippen molar-refractivity contribution in [3.63, 3.8) is 0 Å². The van der Waals surface area contributed by atoms with E-state index in [-0.39, 0.29) is 11.2 Å². The Balaban J connectivity index is 2.24. The molecule has 0 amide bonds. The first-order chi connectivity index (χ1) is 9.25. The molecule has 0 saturated carbocycles. The van der Waals surface area contributed by atoms with E-state index < -0.39 is 7.12 Å². The number of hydrogen-bond acceptors (Lipinski definition) is 4. The van der Waals surface area contributed by atoms with Gasteiger partial charge in [0.15, 0.2) is 0 Å². The second kappa shape index (κ2) is 5.32. The molecule has 2 heterocycles. The van der Waals surface area contributed by atoms with E-state index in [0.717, 1.165) is 16.7 Å². The normalized spacial score (nSPS) is 21.3. The van der Waals surface area contributed by atoms with Gasteiger partial charge in [0, 0.05) is 18.4 Å². The lowest BCUT2D eigenvalue weighted by molar-refractivity contribution is 0.00578. The lowest BCUT2D eigenvalue weighted by Crippen LogP contribution is -2.41. The highest BCUT2D eigenvalue weighted by Gasteiger charge is 2.52. The molecule has 5 heteroatoms. The number of hydrogen-bond donors (Lipinski definition) is 1. The summed E-state index contributed by atoms with van der Waals surface area (Å²) < 4.78 is 12.0. The second-order valence-corrected chi connectivity index (χ2v) is 6.24. The molecule has 4 nitrogen and oxygen atoms in total. The molecule has 0 radical (unpaired) electrons. The molecule has 0 atom stereocenters. The first-order valence-electron chi connectivity index (χ1n) is 6.94. The van der Waals surface area contributed by atoms with Crippen molar-refractivity contribution in [3.8, 4) is 0 Å². The number of nitrogens with zero attached hydrogens (tertiary/aromatic N) is 1. The van der Waals surface area contributed by atoms with E-state index in [4.69, 9.17) is 15.0 Å². The minimum atomic E-state index is -0.397. The molecule has 0 bridgehead atoms. The molecule has 1 aliphatic heterocycles. The van der Waals surface area contributed by atoms with Crippen LogP contribution in [0.25, 0.3) is 6.08 Å². The summed E-state index contributed by atoms with van der Waals surface area (Å²) in [6, 6.07) is 3.99. The van der Waals surface area contributed by atoms with Crippen molar-refractivity contribution < 1.29 is 9.31 Å². The maximum atomic E-state index is 6.02. The lowest BCUT2D eigenvalue weighted by atomic mass is 9.77. The van der Waals surface area contributed by atoms with Crippen molar-refractivity contribution >= 4 is 13.2 Å². The average molecular weight is 274 g/mol. The van der Waals surface area contributed by atoms with Crippen LogP contribution in [0.3, 0.4) is 0 Å². The number of aromatic nitrogens is 1. The maximum Gasteiger partial charge on any atom is 0.491 e. The molecule has 0 aromatic carbocycles. The van der Waals surface area contributed by atoms with Gasteiger partial charge in [0.1, 0.15) is 0 Å². The summed E-state index contributed by atoms with van der Waals surface area (Å²) in [7, 11) is -0.397. The number of rotatable bonds is 3. The molecule has 1 saturated heterocycles. The molecule has 0 unspecified atom stereocenters. The number of aryl methyl sites for hydroxylation is 1. The van der Waals surface area contributed by atoms with E-state index in [1.807, 2.05) is 59.0 Å². The summed E-state index contributed by atoms with van der Waals surface area (Å²) in [5.41, 5.74) is 8.08. The van der Waals surface area contributed by atoms with Gasteiger partial charge in [-0.05, 0) is 51.7 Å². The first kappa shape index (κ1) is 15.2. The first-order valence-corrected chi connectivity index (χ1v) is 6.94. The third kappa shape index (κ3) is 2.95. The minimum absolute atomic E-state index is 0.350. The van der Waals surface area contributed by atoms with Crippen LogP contribution in [0.1, 0.15) is 39.0 Å². The van der Waals surface area contributed by atoms with Crippen LogP contribution in [0.2, 0.25) is 0 Å².